The van der Waals surface area contributed by atoms with E-state index < -0.39 is 0 Å². The van der Waals surface area contributed by atoms with Crippen molar-refractivity contribution in [1.82, 2.24) is 10.4 Å². The number of rotatable bonds is 3. The number of hydrazine groups is 1. The fraction of sp³-hybridized carbons (Fsp3) is 0.444. The molecule has 0 amide bonds. The van der Waals surface area contributed by atoms with Gasteiger partial charge in [0.05, 0.1) is 0 Å². The molecule has 1 atom stereocenters. The van der Waals surface area contributed by atoms with Gasteiger partial charge in [-0.05, 0) is 25.0 Å². The number of aryl methyl sites for hydroxylation is 1. The number of nitrogens with zero attached hydrogens (tertiary/aromatic N) is 1. The van der Waals surface area contributed by atoms with Crippen LogP contribution in [0.25, 0.3) is 0 Å². The normalized spacial score (nSPS) is 12.9. The van der Waals surface area contributed by atoms with Crippen LogP contribution < -0.4 is 11.3 Å². The predicted molar refractivity (Wildman–Crippen MR) is 49.3 cm³/mol. The molecular formula is C9H15N3. The highest BCUT2D eigenvalue weighted by Gasteiger charge is 2.08. The molecule has 0 fully saturated rings. The van der Waals surface area contributed by atoms with E-state index in [4.69, 9.17) is 5.84 Å². The third-order valence-electron chi connectivity index (χ3n) is 2.03. The molecule has 66 valence electrons. The first-order valence-electron chi connectivity index (χ1n) is 4.17. The van der Waals surface area contributed by atoms with Crippen molar-refractivity contribution in [2.45, 2.75) is 26.3 Å². The van der Waals surface area contributed by atoms with Crippen molar-refractivity contribution in [3.8, 4) is 0 Å². The van der Waals surface area contributed by atoms with Crippen LogP contribution in [0.5, 0.6) is 0 Å². The molecule has 1 unspecified atom stereocenters. The molecule has 1 rings (SSSR count). The van der Waals surface area contributed by atoms with Gasteiger partial charge in [-0.25, -0.2) is 0 Å². The van der Waals surface area contributed by atoms with Gasteiger partial charge in [0.2, 0.25) is 0 Å². The summed E-state index contributed by atoms with van der Waals surface area (Å²) < 4.78 is 0. The summed E-state index contributed by atoms with van der Waals surface area (Å²) in [7, 11) is 0. The zero-order valence-corrected chi connectivity index (χ0v) is 7.54. The smallest absolute Gasteiger partial charge is 0.0475 e. The largest absolute Gasteiger partial charge is 0.271 e. The van der Waals surface area contributed by atoms with Crippen molar-refractivity contribution < 1.29 is 0 Å². The lowest BCUT2D eigenvalue weighted by atomic mass is 10.0. The molecule has 0 spiro atoms. The molecule has 1 aromatic rings. The van der Waals surface area contributed by atoms with E-state index in [0.717, 1.165) is 12.1 Å². The Morgan fingerprint density at radius 3 is 2.92 bits per heavy atom. The van der Waals surface area contributed by atoms with E-state index in [2.05, 4.69) is 23.4 Å². The van der Waals surface area contributed by atoms with Crippen molar-refractivity contribution in [3.63, 3.8) is 0 Å². The van der Waals surface area contributed by atoms with Gasteiger partial charge in [0.25, 0.3) is 0 Å². The molecule has 0 aliphatic heterocycles. The molecule has 0 aliphatic carbocycles. The van der Waals surface area contributed by atoms with Crippen LogP contribution in [-0.2, 0) is 0 Å². The highest BCUT2D eigenvalue weighted by Crippen LogP contribution is 2.16. The number of aromatic nitrogens is 1. The highest BCUT2D eigenvalue weighted by atomic mass is 15.2. The average molecular weight is 165 g/mol. The summed E-state index contributed by atoms with van der Waals surface area (Å²) in [5.74, 6) is 5.41. The van der Waals surface area contributed by atoms with Gasteiger partial charge in [0.1, 0.15) is 0 Å². The lowest BCUT2D eigenvalue weighted by Crippen LogP contribution is -2.28. The molecule has 0 aliphatic rings. The van der Waals surface area contributed by atoms with Crippen molar-refractivity contribution in [1.29, 1.82) is 0 Å². The van der Waals surface area contributed by atoms with E-state index in [1.807, 2.05) is 13.0 Å². The Hall–Kier alpha value is -0.930. The van der Waals surface area contributed by atoms with Gasteiger partial charge < -0.3 is 0 Å². The van der Waals surface area contributed by atoms with Gasteiger partial charge in [0.15, 0.2) is 0 Å². The minimum absolute atomic E-state index is 0.221. The maximum Gasteiger partial charge on any atom is 0.0475 e. The summed E-state index contributed by atoms with van der Waals surface area (Å²) in [6.07, 6.45) is 2.77. The minimum atomic E-state index is 0.221. The number of hydrogen-bond acceptors (Lipinski definition) is 3. The zero-order chi connectivity index (χ0) is 8.97. The van der Waals surface area contributed by atoms with Crippen LogP contribution in [-0.4, -0.2) is 4.98 Å². The molecule has 1 aromatic heterocycles. The summed E-state index contributed by atoms with van der Waals surface area (Å²) in [5, 5.41) is 0. The van der Waals surface area contributed by atoms with E-state index in [0.29, 0.717) is 0 Å². The summed E-state index contributed by atoms with van der Waals surface area (Å²) in [6, 6.07) is 4.21. The first-order valence-corrected chi connectivity index (χ1v) is 4.17. The molecule has 3 heteroatoms. The Kier molecular flexibility index (Phi) is 3.19. The van der Waals surface area contributed by atoms with Crippen LogP contribution in [0.1, 0.15) is 30.6 Å². The number of hydrogen-bond donors (Lipinski definition) is 2. The van der Waals surface area contributed by atoms with E-state index >= 15 is 0 Å². The third-order valence-corrected chi connectivity index (χ3v) is 2.03. The van der Waals surface area contributed by atoms with Crippen LogP contribution >= 0.6 is 0 Å². The Morgan fingerprint density at radius 1 is 1.67 bits per heavy atom. The molecular weight excluding hydrogens is 150 g/mol. The monoisotopic (exact) mass is 165 g/mol. The van der Waals surface area contributed by atoms with Crippen molar-refractivity contribution in [2.75, 3.05) is 0 Å². The van der Waals surface area contributed by atoms with Crippen LogP contribution in [0.4, 0.5) is 0 Å². The first-order chi connectivity index (χ1) is 5.79. The SMILES string of the molecule is CCC(NN)c1cccnc1C. The second-order valence-corrected chi connectivity index (χ2v) is 2.81. The Morgan fingerprint density at radius 2 is 2.42 bits per heavy atom. The molecule has 0 bridgehead atoms. The molecule has 0 radical (unpaired) electrons. The van der Waals surface area contributed by atoms with Crippen LogP contribution in [0.3, 0.4) is 0 Å². The van der Waals surface area contributed by atoms with Crippen LogP contribution in [0.15, 0.2) is 18.3 Å². The minimum Gasteiger partial charge on any atom is -0.271 e. The zero-order valence-electron chi connectivity index (χ0n) is 7.54. The van der Waals surface area contributed by atoms with Gasteiger partial charge in [-0.2, -0.15) is 0 Å². The van der Waals surface area contributed by atoms with E-state index in [1.165, 1.54) is 5.56 Å². The molecule has 0 saturated carbocycles. The summed E-state index contributed by atoms with van der Waals surface area (Å²) in [4.78, 5) is 4.20. The second kappa shape index (κ2) is 4.18. The fourth-order valence-corrected chi connectivity index (χ4v) is 1.29. The van der Waals surface area contributed by atoms with E-state index in [-0.39, 0.29) is 6.04 Å². The number of nitrogens with two attached hydrogens (primary N) is 1. The number of pyridine rings is 1. The molecule has 1 heterocycles. The maximum atomic E-state index is 5.41. The molecule has 0 aromatic carbocycles. The van der Waals surface area contributed by atoms with E-state index in [1.54, 1.807) is 6.20 Å². The Balaban J connectivity index is 2.92. The van der Waals surface area contributed by atoms with Gasteiger partial charge in [-0.3, -0.25) is 16.3 Å². The molecule has 12 heavy (non-hydrogen) atoms. The van der Waals surface area contributed by atoms with Crippen molar-refractivity contribution in [3.05, 3.63) is 29.6 Å². The highest BCUT2D eigenvalue weighted by molar-refractivity contribution is 5.21. The molecule has 3 nitrogen and oxygen atoms in total. The Labute approximate surface area is 73.0 Å². The lowest BCUT2D eigenvalue weighted by molar-refractivity contribution is 0.534. The number of nitrogens with one attached hydrogen (secondary N) is 1. The first kappa shape index (κ1) is 9.16. The standard InChI is InChI=1S/C9H15N3/c1-3-9(12-10)8-5-4-6-11-7(8)2/h4-6,9,12H,3,10H2,1-2H3. The second-order valence-electron chi connectivity index (χ2n) is 2.81. The maximum absolute atomic E-state index is 5.41. The average Bonchev–Trinajstić information content (AvgIpc) is 2.10. The van der Waals surface area contributed by atoms with E-state index in [9.17, 15) is 0 Å². The molecule has 3 N–H and O–H groups in total. The topological polar surface area (TPSA) is 50.9 Å². The fourth-order valence-electron chi connectivity index (χ4n) is 1.29. The summed E-state index contributed by atoms with van der Waals surface area (Å²) in [6.45, 7) is 4.09. The van der Waals surface area contributed by atoms with Gasteiger partial charge in [0, 0.05) is 17.9 Å². The molecule has 0 saturated heterocycles. The Bertz CT molecular complexity index is 243. The lowest BCUT2D eigenvalue weighted by Gasteiger charge is -2.15. The predicted octanol–water partition coefficient (Wildman–Crippen LogP) is 1.30. The van der Waals surface area contributed by atoms with Crippen molar-refractivity contribution >= 4 is 0 Å². The quantitative estimate of drug-likeness (QED) is 0.524. The van der Waals surface area contributed by atoms with Crippen LogP contribution in [0.2, 0.25) is 0 Å². The van der Waals surface area contributed by atoms with Crippen LogP contribution in [0, 0.1) is 6.92 Å². The van der Waals surface area contributed by atoms with Gasteiger partial charge in [-0.15, -0.1) is 0 Å². The van der Waals surface area contributed by atoms with Gasteiger partial charge in [-0.1, -0.05) is 13.0 Å². The third kappa shape index (κ3) is 1.81. The summed E-state index contributed by atoms with van der Waals surface area (Å²) >= 11 is 0. The van der Waals surface area contributed by atoms with Crippen molar-refractivity contribution in [2.24, 2.45) is 5.84 Å². The van der Waals surface area contributed by atoms with Gasteiger partial charge >= 0.3 is 0 Å². The summed E-state index contributed by atoms with van der Waals surface area (Å²) in [5.41, 5.74) is 5.00.